The summed E-state index contributed by atoms with van der Waals surface area (Å²) in [5.74, 6) is 0.584. The normalized spacial score (nSPS) is 25.3. The van der Waals surface area contributed by atoms with Gasteiger partial charge in [-0.1, -0.05) is 0 Å². The van der Waals surface area contributed by atoms with Crippen LogP contribution in [-0.2, 0) is 0 Å². The average molecular weight is 322 g/mol. The topological polar surface area (TPSA) is 55.6 Å². The van der Waals surface area contributed by atoms with Crippen LogP contribution in [0.15, 0.2) is 12.1 Å². The summed E-state index contributed by atoms with van der Waals surface area (Å²) in [4.78, 5) is 12.8. The molecule has 2 fully saturated rings. The number of rotatable bonds is 5. The van der Waals surface area contributed by atoms with E-state index >= 15 is 0 Å². The third kappa shape index (κ3) is 3.63. The van der Waals surface area contributed by atoms with Crippen LogP contribution in [-0.4, -0.2) is 42.7 Å². The number of benzene rings is 1. The molecule has 1 aromatic carbocycles. The highest BCUT2D eigenvalue weighted by atomic mass is 19.1. The van der Waals surface area contributed by atoms with Gasteiger partial charge in [-0.3, -0.25) is 10.1 Å². The van der Waals surface area contributed by atoms with Gasteiger partial charge in [0.2, 0.25) is 0 Å². The van der Waals surface area contributed by atoms with E-state index in [1.54, 1.807) is 6.07 Å². The minimum Gasteiger partial charge on any atom is -0.487 e. The van der Waals surface area contributed by atoms with Gasteiger partial charge in [-0.05, 0) is 62.9 Å². The number of piperidine rings is 1. The Kier molecular flexibility index (Phi) is 4.53. The third-order valence-electron chi connectivity index (χ3n) is 4.86. The third-order valence-corrected chi connectivity index (χ3v) is 4.86. The average Bonchev–Trinajstić information content (AvgIpc) is 3.30. The maximum atomic E-state index is 14.5. The van der Waals surface area contributed by atoms with Gasteiger partial charge in [-0.25, -0.2) is 4.39 Å². The molecule has 1 aliphatic heterocycles. The van der Waals surface area contributed by atoms with Crippen molar-refractivity contribution < 1.29 is 14.1 Å². The minimum absolute atomic E-state index is 0.0183. The molecule has 23 heavy (non-hydrogen) atoms. The van der Waals surface area contributed by atoms with Crippen molar-refractivity contribution in [2.24, 2.45) is 5.92 Å². The Morgan fingerprint density at radius 3 is 2.74 bits per heavy atom. The number of likely N-dealkylation sites (tertiary alicyclic amines) is 1. The van der Waals surface area contributed by atoms with Gasteiger partial charge in [-0.2, -0.15) is 0 Å². The van der Waals surface area contributed by atoms with Gasteiger partial charge in [-0.15, -0.1) is 0 Å². The van der Waals surface area contributed by atoms with E-state index < -0.39 is 11.1 Å². The number of halogens is 1. The number of aryl methyl sites for hydroxylation is 1. The molecule has 126 valence electrons. The number of nitro groups is 1. The molecule has 2 atom stereocenters. The van der Waals surface area contributed by atoms with Crippen molar-refractivity contribution in [1.29, 1.82) is 0 Å². The molecular formula is C17H23FN2O3. The van der Waals surface area contributed by atoms with E-state index in [-0.39, 0.29) is 17.4 Å². The fourth-order valence-electron chi connectivity index (χ4n) is 3.25. The van der Waals surface area contributed by atoms with Crippen molar-refractivity contribution in [3.63, 3.8) is 0 Å². The van der Waals surface area contributed by atoms with Crippen LogP contribution in [0.5, 0.6) is 5.75 Å². The van der Waals surface area contributed by atoms with E-state index in [1.165, 1.54) is 6.07 Å². The summed E-state index contributed by atoms with van der Waals surface area (Å²) < 4.78 is 20.2. The van der Waals surface area contributed by atoms with Crippen LogP contribution in [0.25, 0.3) is 0 Å². The number of ether oxygens (including phenoxy) is 1. The maximum absolute atomic E-state index is 14.5. The predicted molar refractivity (Wildman–Crippen MR) is 85.8 cm³/mol. The summed E-state index contributed by atoms with van der Waals surface area (Å²) in [5, 5.41) is 11.3. The van der Waals surface area contributed by atoms with Gasteiger partial charge in [0.1, 0.15) is 6.17 Å². The van der Waals surface area contributed by atoms with Crippen LogP contribution >= 0.6 is 0 Å². The lowest BCUT2D eigenvalue weighted by Crippen LogP contribution is -2.38. The largest absolute Gasteiger partial charge is 0.487 e. The van der Waals surface area contributed by atoms with Gasteiger partial charge >= 0.3 is 5.69 Å². The van der Waals surface area contributed by atoms with E-state index in [9.17, 15) is 14.5 Å². The lowest BCUT2D eigenvalue weighted by molar-refractivity contribution is -0.385. The molecule has 2 aliphatic rings. The molecule has 0 bridgehead atoms. The van der Waals surface area contributed by atoms with E-state index in [2.05, 4.69) is 0 Å². The van der Waals surface area contributed by atoms with Crippen molar-refractivity contribution in [2.45, 2.75) is 38.3 Å². The second kappa shape index (κ2) is 6.43. The molecule has 0 aromatic heterocycles. The number of hydrogen-bond acceptors (Lipinski definition) is 4. The van der Waals surface area contributed by atoms with Crippen LogP contribution < -0.4 is 4.74 Å². The summed E-state index contributed by atoms with van der Waals surface area (Å²) in [6.07, 6.45) is 2.01. The predicted octanol–water partition coefficient (Wildman–Crippen LogP) is 3.45. The summed E-state index contributed by atoms with van der Waals surface area (Å²) in [7, 11) is 1.91. The first kappa shape index (κ1) is 16.2. The number of alkyl halides is 1. The fraction of sp³-hybridized carbons (Fsp3) is 0.647. The van der Waals surface area contributed by atoms with Crippen LogP contribution in [0.4, 0.5) is 10.1 Å². The Bertz CT molecular complexity index is 604. The number of nitro benzene ring substituents is 1. The maximum Gasteiger partial charge on any atom is 0.311 e. The van der Waals surface area contributed by atoms with Crippen LogP contribution in [0.3, 0.4) is 0 Å². The molecule has 6 heteroatoms. The fourth-order valence-corrected chi connectivity index (χ4v) is 3.25. The van der Waals surface area contributed by atoms with Crippen LogP contribution in [0, 0.1) is 23.0 Å². The molecule has 5 nitrogen and oxygen atoms in total. The summed E-state index contributed by atoms with van der Waals surface area (Å²) in [6.45, 7) is 3.56. The second-order valence-electron chi connectivity index (χ2n) is 6.86. The zero-order valence-corrected chi connectivity index (χ0v) is 13.6. The Labute approximate surface area is 135 Å². The molecule has 1 aliphatic carbocycles. The van der Waals surface area contributed by atoms with Gasteiger partial charge < -0.3 is 9.64 Å². The molecule has 1 saturated carbocycles. The second-order valence-corrected chi connectivity index (χ2v) is 6.86. The van der Waals surface area contributed by atoms with Crippen LogP contribution in [0.1, 0.15) is 36.3 Å². The van der Waals surface area contributed by atoms with Gasteiger partial charge in [0.15, 0.2) is 5.75 Å². The van der Waals surface area contributed by atoms with E-state index in [1.807, 2.05) is 18.9 Å². The molecule has 0 amide bonds. The van der Waals surface area contributed by atoms with Crippen molar-refractivity contribution in [2.75, 3.05) is 26.7 Å². The Balaban J connectivity index is 1.89. The van der Waals surface area contributed by atoms with Crippen LogP contribution in [0.2, 0.25) is 0 Å². The zero-order valence-electron chi connectivity index (χ0n) is 13.6. The standard InChI is InChI=1S/C17H23FN2O3/c1-11-7-16(20(21)22)17(23-10-12-3-4-12)8-14(11)13-5-6-19(2)9-15(13)18/h7-8,12-13,15H,3-6,9-10H2,1-2H3. The van der Waals surface area contributed by atoms with E-state index in [0.29, 0.717) is 19.1 Å². The molecule has 0 radical (unpaired) electrons. The van der Waals surface area contributed by atoms with Gasteiger partial charge in [0.05, 0.1) is 11.5 Å². The van der Waals surface area contributed by atoms with Crippen molar-refractivity contribution in [1.82, 2.24) is 4.90 Å². The number of hydrogen-bond donors (Lipinski definition) is 0. The molecule has 3 rings (SSSR count). The highest BCUT2D eigenvalue weighted by Crippen LogP contribution is 2.39. The monoisotopic (exact) mass is 322 g/mol. The zero-order chi connectivity index (χ0) is 16.6. The summed E-state index contributed by atoms with van der Waals surface area (Å²) in [6, 6.07) is 3.24. The van der Waals surface area contributed by atoms with Crippen molar-refractivity contribution in [3.8, 4) is 5.75 Å². The molecule has 2 unspecified atom stereocenters. The smallest absolute Gasteiger partial charge is 0.311 e. The summed E-state index contributed by atoms with van der Waals surface area (Å²) >= 11 is 0. The highest BCUT2D eigenvalue weighted by molar-refractivity contribution is 5.53. The Morgan fingerprint density at radius 2 is 2.13 bits per heavy atom. The SMILES string of the molecule is Cc1cc([N+](=O)[O-])c(OCC2CC2)cc1C1CCN(C)CC1F. The van der Waals surface area contributed by atoms with E-state index in [0.717, 1.165) is 36.9 Å². The number of nitrogens with zero attached hydrogens (tertiary/aromatic N) is 2. The lowest BCUT2D eigenvalue weighted by atomic mass is 9.85. The van der Waals surface area contributed by atoms with Crippen molar-refractivity contribution >= 4 is 5.69 Å². The highest BCUT2D eigenvalue weighted by Gasteiger charge is 2.32. The summed E-state index contributed by atoms with van der Waals surface area (Å²) in [5.41, 5.74) is 1.60. The molecule has 1 saturated heterocycles. The van der Waals surface area contributed by atoms with E-state index in [4.69, 9.17) is 4.74 Å². The molecule has 1 aromatic rings. The Hall–Kier alpha value is -1.69. The lowest BCUT2D eigenvalue weighted by Gasteiger charge is -2.33. The molecular weight excluding hydrogens is 299 g/mol. The molecule has 0 spiro atoms. The minimum atomic E-state index is -0.954. The first-order valence-electron chi connectivity index (χ1n) is 8.20. The first-order chi connectivity index (χ1) is 11.0. The Morgan fingerprint density at radius 1 is 1.39 bits per heavy atom. The first-order valence-corrected chi connectivity index (χ1v) is 8.20. The quantitative estimate of drug-likeness (QED) is 0.615. The molecule has 1 heterocycles. The van der Waals surface area contributed by atoms with Crippen molar-refractivity contribution in [3.05, 3.63) is 33.4 Å². The van der Waals surface area contributed by atoms with Gasteiger partial charge in [0, 0.05) is 18.5 Å². The van der Waals surface area contributed by atoms with Gasteiger partial charge in [0.25, 0.3) is 0 Å². The molecule has 0 N–H and O–H groups in total.